The molecule has 0 bridgehead atoms. The minimum absolute atomic E-state index is 0.518. The van der Waals surface area contributed by atoms with Gasteiger partial charge in [0.1, 0.15) is 0 Å². The van der Waals surface area contributed by atoms with Crippen LogP contribution in [-0.4, -0.2) is 23.4 Å². The van der Waals surface area contributed by atoms with Crippen LogP contribution in [0, 0.1) is 0 Å². The maximum absolute atomic E-state index is 6.00. The monoisotopic (exact) mass is 265 g/mol. The first kappa shape index (κ1) is 13.4. The highest BCUT2D eigenvalue weighted by Crippen LogP contribution is 2.20. The van der Waals surface area contributed by atoms with Gasteiger partial charge in [0.15, 0.2) is 5.96 Å². The van der Waals surface area contributed by atoms with Crippen molar-refractivity contribution in [2.75, 3.05) is 6.54 Å². The molecule has 1 unspecified atom stereocenters. The molecule has 1 aromatic rings. The molecule has 1 aliphatic heterocycles. The van der Waals surface area contributed by atoms with Crippen LogP contribution in [0.3, 0.4) is 0 Å². The topological polar surface area (TPSA) is 41.6 Å². The minimum Gasteiger partial charge on any atom is -0.370 e. The molecule has 0 aromatic carbocycles. The van der Waals surface area contributed by atoms with E-state index in [2.05, 4.69) is 34.3 Å². The zero-order chi connectivity index (χ0) is 12.8. The number of thiophene rings is 1. The van der Waals surface area contributed by atoms with E-state index in [0.29, 0.717) is 6.04 Å². The number of guanidine groups is 1. The predicted octanol–water partition coefficient (Wildman–Crippen LogP) is 3.22. The van der Waals surface area contributed by atoms with Crippen LogP contribution >= 0.6 is 11.3 Å². The van der Waals surface area contributed by atoms with Crippen molar-refractivity contribution < 1.29 is 0 Å². The molecule has 2 N–H and O–H groups in total. The van der Waals surface area contributed by atoms with Gasteiger partial charge < -0.3 is 10.6 Å². The molecular weight excluding hydrogens is 242 g/mol. The van der Waals surface area contributed by atoms with Crippen LogP contribution in [0.4, 0.5) is 0 Å². The lowest BCUT2D eigenvalue weighted by molar-refractivity contribution is 0.311. The van der Waals surface area contributed by atoms with Gasteiger partial charge in [-0.25, -0.2) is 0 Å². The van der Waals surface area contributed by atoms with E-state index in [-0.39, 0.29) is 0 Å². The van der Waals surface area contributed by atoms with E-state index in [9.17, 15) is 0 Å². The first-order valence-electron chi connectivity index (χ1n) is 6.90. The van der Waals surface area contributed by atoms with Crippen LogP contribution in [0.2, 0.25) is 0 Å². The lowest BCUT2D eigenvalue weighted by Gasteiger charge is -2.25. The zero-order valence-corrected chi connectivity index (χ0v) is 12.0. The summed E-state index contributed by atoms with van der Waals surface area (Å²) in [7, 11) is 0. The lowest BCUT2D eigenvalue weighted by atomic mass is 10.1. The van der Waals surface area contributed by atoms with Crippen LogP contribution in [0.25, 0.3) is 0 Å². The van der Waals surface area contributed by atoms with E-state index >= 15 is 0 Å². The Kier molecular flexibility index (Phi) is 5.05. The Hall–Kier alpha value is -1.03. The maximum Gasteiger partial charge on any atom is 0.191 e. The largest absolute Gasteiger partial charge is 0.370 e. The van der Waals surface area contributed by atoms with Crippen molar-refractivity contribution in [1.29, 1.82) is 0 Å². The quantitative estimate of drug-likeness (QED) is 0.769. The molecule has 2 heterocycles. The molecule has 0 fully saturated rings. The Balaban J connectivity index is 1.83. The van der Waals surface area contributed by atoms with Gasteiger partial charge in [0, 0.05) is 4.88 Å². The molecule has 0 amide bonds. The average molecular weight is 265 g/mol. The summed E-state index contributed by atoms with van der Waals surface area (Å²) in [6, 6.07) is 4.79. The summed E-state index contributed by atoms with van der Waals surface area (Å²) in [4.78, 5) is 8.05. The number of unbranched alkanes of at least 4 members (excludes halogenated alkanes) is 3. The summed E-state index contributed by atoms with van der Waals surface area (Å²) < 4.78 is 0. The van der Waals surface area contributed by atoms with Gasteiger partial charge in [-0.1, -0.05) is 38.7 Å². The van der Waals surface area contributed by atoms with E-state index in [4.69, 9.17) is 5.73 Å². The SMILES string of the molecule is CCCCCCC1CN=C(N)N1Cc1cccs1. The number of nitrogens with two attached hydrogens (primary N) is 1. The van der Waals surface area contributed by atoms with E-state index in [1.165, 1.54) is 37.0 Å². The van der Waals surface area contributed by atoms with Crippen molar-refractivity contribution in [2.24, 2.45) is 10.7 Å². The summed E-state index contributed by atoms with van der Waals surface area (Å²) >= 11 is 1.79. The summed E-state index contributed by atoms with van der Waals surface area (Å²) in [6.07, 6.45) is 6.48. The maximum atomic E-state index is 6.00. The third-order valence-electron chi connectivity index (χ3n) is 3.50. The van der Waals surface area contributed by atoms with Gasteiger partial charge in [0.05, 0.1) is 19.1 Å². The predicted molar refractivity (Wildman–Crippen MR) is 78.9 cm³/mol. The van der Waals surface area contributed by atoms with Crippen LogP contribution < -0.4 is 5.73 Å². The molecule has 1 aromatic heterocycles. The van der Waals surface area contributed by atoms with Crippen LogP contribution in [0.15, 0.2) is 22.5 Å². The van der Waals surface area contributed by atoms with E-state index < -0.39 is 0 Å². The molecule has 4 heteroatoms. The third kappa shape index (κ3) is 3.48. The van der Waals surface area contributed by atoms with E-state index in [1.54, 1.807) is 11.3 Å². The number of nitrogens with zero attached hydrogens (tertiary/aromatic N) is 2. The Bertz CT molecular complexity index is 372. The molecular formula is C14H23N3S. The van der Waals surface area contributed by atoms with Crippen LogP contribution in [-0.2, 0) is 6.54 Å². The molecule has 3 nitrogen and oxygen atoms in total. The Morgan fingerprint density at radius 3 is 3.06 bits per heavy atom. The Morgan fingerprint density at radius 1 is 1.44 bits per heavy atom. The highest BCUT2D eigenvalue weighted by Gasteiger charge is 2.25. The number of hydrogen-bond acceptors (Lipinski definition) is 4. The van der Waals surface area contributed by atoms with Gasteiger partial charge in [-0.3, -0.25) is 4.99 Å². The fraction of sp³-hybridized carbons (Fsp3) is 0.643. The molecule has 0 saturated carbocycles. The molecule has 0 aliphatic carbocycles. The number of rotatable bonds is 7. The van der Waals surface area contributed by atoms with Crippen molar-refractivity contribution in [2.45, 2.75) is 51.6 Å². The highest BCUT2D eigenvalue weighted by molar-refractivity contribution is 7.09. The van der Waals surface area contributed by atoms with Gasteiger partial charge in [0.25, 0.3) is 0 Å². The number of hydrogen-bond donors (Lipinski definition) is 1. The molecule has 0 radical (unpaired) electrons. The van der Waals surface area contributed by atoms with Crippen molar-refractivity contribution in [3.05, 3.63) is 22.4 Å². The normalized spacial score (nSPS) is 19.3. The van der Waals surface area contributed by atoms with Gasteiger partial charge >= 0.3 is 0 Å². The molecule has 1 atom stereocenters. The highest BCUT2D eigenvalue weighted by atomic mass is 32.1. The van der Waals surface area contributed by atoms with Crippen molar-refractivity contribution in [3.63, 3.8) is 0 Å². The molecule has 18 heavy (non-hydrogen) atoms. The van der Waals surface area contributed by atoms with Gasteiger partial charge in [-0.15, -0.1) is 11.3 Å². The van der Waals surface area contributed by atoms with Gasteiger partial charge in [-0.2, -0.15) is 0 Å². The summed E-state index contributed by atoms with van der Waals surface area (Å²) in [5.74, 6) is 0.726. The summed E-state index contributed by atoms with van der Waals surface area (Å²) in [6.45, 7) is 4.05. The summed E-state index contributed by atoms with van der Waals surface area (Å²) in [5, 5.41) is 2.12. The van der Waals surface area contributed by atoms with Crippen molar-refractivity contribution in [3.8, 4) is 0 Å². The molecule has 100 valence electrons. The fourth-order valence-corrected chi connectivity index (χ4v) is 3.11. The Morgan fingerprint density at radius 2 is 2.33 bits per heavy atom. The second kappa shape index (κ2) is 6.78. The van der Waals surface area contributed by atoms with Crippen LogP contribution in [0.5, 0.6) is 0 Å². The van der Waals surface area contributed by atoms with Gasteiger partial charge in [-0.05, 0) is 17.9 Å². The zero-order valence-electron chi connectivity index (χ0n) is 11.1. The van der Waals surface area contributed by atoms with Crippen molar-refractivity contribution in [1.82, 2.24) is 4.90 Å². The summed E-state index contributed by atoms with van der Waals surface area (Å²) in [5.41, 5.74) is 6.00. The standard InChI is InChI=1S/C14H23N3S/c1-2-3-4-5-7-12-10-16-14(15)17(12)11-13-8-6-9-18-13/h6,8-9,12H,2-5,7,10-11H2,1H3,(H2,15,16). The minimum atomic E-state index is 0.518. The second-order valence-electron chi connectivity index (χ2n) is 4.91. The van der Waals surface area contributed by atoms with Crippen molar-refractivity contribution >= 4 is 17.3 Å². The molecule has 0 spiro atoms. The van der Waals surface area contributed by atoms with E-state index in [0.717, 1.165) is 19.0 Å². The number of aliphatic imine (C=N–C) groups is 1. The first-order chi connectivity index (χ1) is 8.81. The molecule has 0 saturated heterocycles. The first-order valence-corrected chi connectivity index (χ1v) is 7.78. The van der Waals surface area contributed by atoms with Crippen LogP contribution in [0.1, 0.15) is 43.9 Å². The fourth-order valence-electron chi connectivity index (χ4n) is 2.41. The average Bonchev–Trinajstić information content (AvgIpc) is 2.99. The second-order valence-corrected chi connectivity index (χ2v) is 5.94. The lowest BCUT2D eigenvalue weighted by Crippen LogP contribution is -2.39. The van der Waals surface area contributed by atoms with Gasteiger partial charge in [0.2, 0.25) is 0 Å². The Labute approximate surface area is 114 Å². The van der Waals surface area contributed by atoms with E-state index in [1.807, 2.05) is 0 Å². The molecule has 1 aliphatic rings. The smallest absolute Gasteiger partial charge is 0.191 e. The molecule has 2 rings (SSSR count). The third-order valence-corrected chi connectivity index (χ3v) is 4.36.